The van der Waals surface area contributed by atoms with Crippen molar-refractivity contribution in [3.63, 3.8) is 0 Å². The van der Waals surface area contributed by atoms with Crippen molar-refractivity contribution in [2.75, 3.05) is 6.61 Å². The molecule has 2 aliphatic heterocycles. The normalized spacial score (nSPS) is 32.3. The van der Waals surface area contributed by atoms with Crippen LogP contribution in [0.15, 0.2) is 42.5 Å². The van der Waals surface area contributed by atoms with Crippen LogP contribution < -0.4 is 5.32 Å². The largest absolute Gasteiger partial charge is 0.352 e. The van der Waals surface area contributed by atoms with Gasteiger partial charge >= 0.3 is 6.03 Å². The molecule has 2 aromatic carbocycles. The van der Waals surface area contributed by atoms with Crippen molar-refractivity contribution in [2.45, 2.75) is 44.0 Å². The summed E-state index contributed by atoms with van der Waals surface area (Å²) < 4.78 is 6.17. The Labute approximate surface area is 141 Å². The van der Waals surface area contributed by atoms with Gasteiger partial charge < -0.3 is 15.0 Å². The predicted molar refractivity (Wildman–Crippen MR) is 92.5 cm³/mol. The van der Waals surface area contributed by atoms with E-state index in [1.165, 1.54) is 18.2 Å². The molecule has 3 aliphatic rings. The van der Waals surface area contributed by atoms with Crippen molar-refractivity contribution in [3.8, 4) is 0 Å². The standard InChI is InChI=1S/C20H22N2O2/c23-20-21-19(17-9-3-6-13-5-1-2-8-16(13)17)24-12-15-11-14-7-4-10-18(14)22(15)20/h1-3,5-6,8-9,14-15,18-19H,4,7,10-12H2,(H,21,23)/t14-,15-,18-,19+/m1/s1. The molecule has 0 unspecified atom stereocenters. The number of rotatable bonds is 1. The predicted octanol–water partition coefficient (Wildman–Crippen LogP) is 3.82. The summed E-state index contributed by atoms with van der Waals surface area (Å²) >= 11 is 0. The van der Waals surface area contributed by atoms with Crippen LogP contribution in [0.1, 0.15) is 37.5 Å². The van der Waals surface area contributed by atoms with E-state index in [1.807, 2.05) is 18.2 Å². The maximum Gasteiger partial charge on any atom is 0.320 e. The van der Waals surface area contributed by atoms with E-state index in [9.17, 15) is 4.79 Å². The lowest BCUT2D eigenvalue weighted by molar-refractivity contribution is 0.0335. The first-order valence-corrected chi connectivity index (χ1v) is 8.99. The molecule has 1 aliphatic carbocycles. The number of hydrogen-bond acceptors (Lipinski definition) is 2. The highest BCUT2D eigenvalue weighted by atomic mass is 16.5. The minimum atomic E-state index is -0.367. The average Bonchev–Trinajstić information content (AvgIpc) is 3.14. The third-order valence-electron chi connectivity index (χ3n) is 5.99. The first-order valence-electron chi connectivity index (χ1n) is 8.99. The maximum absolute atomic E-state index is 12.9. The van der Waals surface area contributed by atoms with Gasteiger partial charge in [-0.2, -0.15) is 0 Å². The van der Waals surface area contributed by atoms with Gasteiger partial charge in [0.1, 0.15) is 0 Å². The molecule has 0 radical (unpaired) electrons. The van der Waals surface area contributed by atoms with Gasteiger partial charge in [0.25, 0.3) is 0 Å². The molecule has 2 heterocycles. The molecule has 1 saturated carbocycles. The van der Waals surface area contributed by atoms with Crippen LogP contribution in [0.25, 0.3) is 10.8 Å². The summed E-state index contributed by atoms with van der Waals surface area (Å²) in [6, 6.07) is 15.2. The number of amides is 2. The van der Waals surface area contributed by atoms with E-state index >= 15 is 0 Å². The Hall–Kier alpha value is -2.07. The molecule has 124 valence electrons. The lowest BCUT2D eigenvalue weighted by Gasteiger charge is -2.27. The topological polar surface area (TPSA) is 41.6 Å². The Morgan fingerprint density at radius 1 is 1.08 bits per heavy atom. The second kappa shape index (κ2) is 5.49. The molecular formula is C20H22N2O2. The summed E-state index contributed by atoms with van der Waals surface area (Å²) in [5.41, 5.74) is 1.05. The van der Waals surface area contributed by atoms with Crippen molar-refractivity contribution < 1.29 is 9.53 Å². The zero-order valence-electron chi connectivity index (χ0n) is 13.7. The highest BCUT2D eigenvalue weighted by Gasteiger charge is 2.47. The van der Waals surface area contributed by atoms with E-state index in [0.717, 1.165) is 23.8 Å². The molecule has 2 saturated heterocycles. The third kappa shape index (κ3) is 2.13. The smallest absolute Gasteiger partial charge is 0.320 e. The first-order chi connectivity index (χ1) is 11.8. The van der Waals surface area contributed by atoms with Gasteiger partial charge in [-0.05, 0) is 36.0 Å². The Bertz CT molecular complexity index is 785. The van der Waals surface area contributed by atoms with Gasteiger partial charge in [-0.15, -0.1) is 0 Å². The minimum absolute atomic E-state index is 0.0461. The van der Waals surface area contributed by atoms with Gasteiger partial charge in [-0.3, -0.25) is 0 Å². The Kier molecular flexibility index (Phi) is 3.27. The SMILES string of the molecule is O=C1N[C@H](c2cccc3ccccc23)OC[C@H]2C[C@H]3CCC[C@H]3N12. The van der Waals surface area contributed by atoms with Crippen molar-refractivity contribution in [1.29, 1.82) is 0 Å². The molecule has 2 amide bonds. The highest BCUT2D eigenvalue weighted by molar-refractivity contribution is 5.86. The quantitative estimate of drug-likeness (QED) is 0.867. The molecule has 5 rings (SSSR count). The fourth-order valence-corrected chi connectivity index (χ4v) is 4.94. The van der Waals surface area contributed by atoms with Crippen molar-refractivity contribution in [3.05, 3.63) is 48.0 Å². The Balaban J connectivity index is 1.48. The van der Waals surface area contributed by atoms with Gasteiger partial charge in [-0.1, -0.05) is 48.9 Å². The lowest BCUT2D eigenvalue weighted by Crippen LogP contribution is -2.46. The van der Waals surface area contributed by atoms with E-state index in [-0.39, 0.29) is 18.3 Å². The highest BCUT2D eigenvalue weighted by Crippen LogP contribution is 2.42. The molecule has 1 N–H and O–H groups in total. The zero-order valence-corrected chi connectivity index (χ0v) is 13.7. The number of fused-ring (bicyclic) bond motifs is 4. The number of nitrogens with zero attached hydrogens (tertiary/aromatic N) is 1. The minimum Gasteiger partial charge on any atom is -0.352 e. The number of nitrogens with one attached hydrogen (secondary N) is 1. The van der Waals surface area contributed by atoms with E-state index < -0.39 is 0 Å². The number of carbonyl (C=O) groups excluding carboxylic acids is 1. The van der Waals surface area contributed by atoms with Crippen LogP contribution in [-0.4, -0.2) is 29.6 Å². The number of carbonyl (C=O) groups is 1. The number of hydrogen-bond donors (Lipinski definition) is 1. The molecule has 4 heteroatoms. The van der Waals surface area contributed by atoms with Crippen LogP contribution >= 0.6 is 0 Å². The van der Waals surface area contributed by atoms with Crippen molar-refractivity contribution >= 4 is 16.8 Å². The van der Waals surface area contributed by atoms with Crippen LogP contribution in [0.4, 0.5) is 4.79 Å². The Morgan fingerprint density at radius 3 is 2.92 bits per heavy atom. The molecular weight excluding hydrogens is 300 g/mol. The van der Waals surface area contributed by atoms with Crippen molar-refractivity contribution in [2.24, 2.45) is 5.92 Å². The number of ether oxygens (including phenoxy) is 1. The molecule has 0 aromatic heterocycles. The molecule has 4 atom stereocenters. The van der Waals surface area contributed by atoms with Gasteiger partial charge in [-0.25, -0.2) is 4.79 Å². The summed E-state index contributed by atoms with van der Waals surface area (Å²) in [6.07, 6.45) is 4.39. The number of urea groups is 1. The van der Waals surface area contributed by atoms with Crippen LogP contribution in [0.5, 0.6) is 0 Å². The molecule has 0 spiro atoms. The fraction of sp³-hybridized carbons (Fsp3) is 0.450. The monoisotopic (exact) mass is 322 g/mol. The molecule has 2 aromatic rings. The lowest BCUT2D eigenvalue weighted by atomic mass is 10.0. The van der Waals surface area contributed by atoms with Crippen LogP contribution in [0.2, 0.25) is 0 Å². The summed E-state index contributed by atoms with van der Waals surface area (Å²) in [6.45, 7) is 0.625. The van der Waals surface area contributed by atoms with Gasteiger partial charge in [0.15, 0.2) is 6.23 Å². The summed E-state index contributed by atoms with van der Waals surface area (Å²) in [5, 5.41) is 5.46. The average molecular weight is 322 g/mol. The van der Waals surface area contributed by atoms with E-state index in [2.05, 4.69) is 34.5 Å². The van der Waals surface area contributed by atoms with Gasteiger partial charge in [0.05, 0.1) is 12.6 Å². The molecule has 3 fully saturated rings. The van der Waals surface area contributed by atoms with Gasteiger partial charge in [0, 0.05) is 11.6 Å². The second-order valence-corrected chi connectivity index (χ2v) is 7.29. The van der Waals surface area contributed by atoms with Crippen LogP contribution in [0.3, 0.4) is 0 Å². The zero-order chi connectivity index (χ0) is 16.1. The summed E-state index contributed by atoms with van der Waals surface area (Å²) in [7, 11) is 0. The molecule has 4 nitrogen and oxygen atoms in total. The first kappa shape index (κ1) is 14.3. The van der Waals surface area contributed by atoms with Gasteiger partial charge in [0.2, 0.25) is 0 Å². The van der Waals surface area contributed by atoms with E-state index in [4.69, 9.17) is 4.74 Å². The van der Waals surface area contributed by atoms with E-state index in [1.54, 1.807) is 0 Å². The van der Waals surface area contributed by atoms with E-state index in [0.29, 0.717) is 18.6 Å². The van der Waals surface area contributed by atoms with Crippen LogP contribution in [0, 0.1) is 5.92 Å². The molecule has 0 bridgehead atoms. The third-order valence-corrected chi connectivity index (χ3v) is 5.99. The maximum atomic E-state index is 12.9. The fourth-order valence-electron chi connectivity index (χ4n) is 4.94. The summed E-state index contributed by atoms with van der Waals surface area (Å²) in [4.78, 5) is 15.0. The van der Waals surface area contributed by atoms with Crippen molar-refractivity contribution in [1.82, 2.24) is 10.2 Å². The second-order valence-electron chi connectivity index (χ2n) is 7.29. The molecule has 24 heavy (non-hydrogen) atoms. The Morgan fingerprint density at radius 2 is 1.96 bits per heavy atom. The summed E-state index contributed by atoms with van der Waals surface area (Å²) in [5.74, 6) is 0.679. The van der Waals surface area contributed by atoms with Crippen LogP contribution in [-0.2, 0) is 4.74 Å². The number of benzene rings is 2.